The summed E-state index contributed by atoms with van der Waals surface area (Å²) < 4.78 is 11.0. The fourth-order valence-electron chi connectivity index (χ4n) is 4.80. The quantitative estimate of drug-likeness (QED) is 0.244. The lowest BCUT2D eigenvalue weighted by atomic mass is 9.92. The molecule has 254 valence electrons. The minimum absolute atomic E-state index is 0.0962. The van der Waals surface area contributed by atoms with Gasteiger partial charge in [-0.25, -0.2) is 9.59 Å². The molecule has 47 heavy (non-hydrogen) atoms. The van der Waals surface area contributed by atoms with Gasteiger partial charge in [0.15, 0.2) is 0 Å². The zero-order valence-electron chi connectivity index (χ0n) is 28.8. The Morgan fingerprint density at radius 3 is 1.87 bits per heavy atom. The summed E-state index contributed by atoms with van der Waals surface area (Å²) in [6.45, 7) is 15.2. The maximum atomic E-state index is 14.5. The maximum absolute atomic E-state index is 14.5. The third-order valence-electron chi connectivity index (χ3n) is 6.56. The molecule has 0 fully saturated rings. The average Bonchev–Trinajstić information content (AvgIpc) is 2.92. The van der Waals surface area contributed by atoms with Gasteiger partial charge < -0.3 is 30.7 Å². The number of rotatable bonds is 11. The van der Waals surface area contributed by atoms with Crippen molar-refractivity contribution in [2.24, 2.45) is 5.73 Å². The molecular formula is C36H48N4O7. The van der Waals surface area contributed by atoms with Crippen LogP contribution < -0.4 is 16.4 Å². The summed E-state index contributed by atoms with van der Waals surface area (Å²) >= 11 is 0. The number of hydrogen-bond donors (Lipinski definition) is 3. The lowest BCUT2D eigenvalue weighted by molar-refractivity contribution is -0.159. The van der Waals surface area contributed by atoms with Crippen LogP contribution in [0.25, 0.3) is 0 Å². The third kappa shape index (κ3) is 12.1. The first-order valence-electron chi connectivity index (χ1n) is 15.4. The highest BCUT2D eigenvalue weighted by atomic mass is 16.6. The van der Waals surface area contributed by atoms with E-state index in [0.29, 0.717) is 5.56 Å². The number of esters is 1. The average molecular weight is 649 g/mol. The molecule has 0 aliphatic carbocycles. The lowest BCUT2D eigenvalue weighted by Crippen LogP contribution is -2.60. The monoisotopic (exact) mass is 648 g/mol. The van der Waals surface area contributed by atoms with Gasteiger partial charge in [0.2, 0.25) is 17.7 Å². The molecule has 0 heterocycles. The van der Waals surface area contributed by atoms with Gasteiger partial charge in [0.05, 0.1) is 6.42 Å². The van der Waals surface area contributed by atoms with E-state index in [9.17, 15) is 24.0 Å². The van der Waals surface area contributed by atoms with Crippen molar-refractivity contribution in [3.63, 3.8) is 0 Å². The van der Waals surface area contributed by atoms with E-state index >= 15 is 0 Å². The van der Waals surface area contributed by atoms with Crippen LogP contribution in [-0.4, -0.2) is 63.5 Å². The van der Waals surface area contributed by atoms with Crippen molar-refractivity contribution < 1.29 is 33.4 Å². The Bertz CT molecular complexity index is 1480. The summed E-state index contributed by atoms with van der Waals surface area (Å²) in [6.07, 6.45) is 4.41. The number of ether oxygens (including phenoxy) is 2. The molecule has 11 nitrogen and oxygen atoms in total. The van der Waals surface area contributed by atoms with Crippen molar-refractivity contribution in [3.8, 4) is 12.3 Å². The van der Waals surface area contributed by atoms with Crippen molar-refractivity contribution in [3.05, 3.63) is 71.3 Å². The Morgan fingerprint density at radius 2 is 1.36 bits per heavy atom. The number of primary amides is 1. The zero-order chi connectivity index (χ0) is 35.7. The molecule has 0 aromatic heterocycles. The molecule has 4 N–H and O–H groups in total. The van der Waals surface area contributed by atoms with Gasteiger partial charge >= 0.3 is 12.1 Å². The van der Waals surface area contributed by atoms with Crippen LogP contribution in [0.1, 0.15) is 91.5 Å². The molecule has 11 heteroatoms. The third-order valence-corrected chi connectivity index (χ3v) is 6.56. The fourth-order valence-corrected chi connectivity index (χ4v) is 4.80. The Labute approximate surface area is 277 Å². The van der Waals surface area contributed by atoms with Crippen molar-refractivity contribution >= 4 is 29.8 Å². The summed E-state index contributed by atoms with van der Waals surface area (Å²) in [6, 6.07) is 11.6. The molecule has 2 rings (SSSR count). The second kappa shape index (κ2) is 15.6. The molecule has 2 aromatic rings. The van der Waals surface area contributed by atoms with Crippen LogP contribution in [0.4, 0.5) is 4.79 Å². The number of amides is 4. The highest BCUT2D eigenvalue weighted by Crippen LogP contribution is 2.32. The number of nitrogens with two attached hydrogens (primary N) is 1. The van der Waals surface area contributed by atoms with Gasteiger partial charge in [-0.3, -0.25) is 14.4 Å². The summed E-state index contributed by atoms with van der Waals surface area (Å²) in [7, 11) is 0. The van der Waals surface area contributed by atoms with Gasteiger partial charge in [0, 0.05) is 17.5 Å². The van der Waals surface area contributed by atoms with Crippen LogP contribution in [0.5, 0.6) is 0 Å². The van der Waals surface area contributed by atoms with Crippen molar-refractivity contribution in [2.75, 3.05) is 0 Å². The fraction of sp³-hybridized carbons (Fsp3) is 0.472. The Balaban J connectivity index is 2.72. The van der Waals surface area contributed by atoms with E-state index < -0.39 is 71.1 Å². The van der Waals surface area contributed by atoms with Crippen molar-refractivity contribution in [1.82, 2.24) is 15.5 Å². The molecule has 0 radical (unpaired) electrons. The minimum atomic E-state index is -1.50. The van der Waals surface area contributed by atoms with Crippen LogP contribution in [0, 0.1) is 12.3 Å². The van der Waals surface area contributed by atoms with Gasteiger partial charge in [-0.2, -0.15) is 0 Å². The topological polar surface area (TPSA) is 157 Å². The highest BCUT2D eigenvalue weighted by molar-refractivity contribution is 5.96. The first-order valence-corrected chi connectivity index (χ1v) is 15.4. The summed E-state index contributed by atoms with van der Waals surface area (Å²) in [4.78, 5) is 68.7. The number of nitrogens with zero attached hydrogens (tertiary/aromatic N) is 1. The van der Waals surface area contributed by atoms with Gasteiger partial charge in [-0.15, -0.1) is 6.42 Å². The minimum Gasteiger partial charge on any atom is -0.458 e. The number of carbonyl (C=O) groups excluding carboxylic acids is 5. The molecule has 0 spiro atoms. The Hall–Kier alpha value is -4.85. The van der Waals surface area contributed by atoms with Crippen LogP contribution in [0.2, 0.25) is 0 Å². The van der Waals surface area contributed by atoms with E-state index in [2.05, 4.69) is 16.6 Å². The molecule has 3 atom stereocenters. The number of alkyl carbamates (subject to hydrolysis) is 1. The first-order chi connectivity index (χ1) is 21.6. The van der Waals surface area contributed by atoms with E-state index in [0.717, 1.165) is 5.56 Å². The predicted octanol–water partition coefficient (Wildman–Crippen LogP) is 4.17. The lowest BCUT2D eigenvalue weighted by Gasteiger charge is -2.43. The van der Waals surface area contributed by atoms with Gasteiger partial charge in [-0.05, 0) is 79.5 Å². The van der Waals surface area contributed by atoms with E-state index in [1.54, 1.807) is 86.6 Å². The molecule has 0 aliphatic heterocycles. The number of terminal acetylenes is 1. The van der Waals surface area contributed by atoms with E-state index in [1.807, 2.05) is 30.3 Å². The summed E-state index contributed by atoms with van der Waals surface area (Å²) in [5.41, 5.74) is 4.00. The molecule has 0 saturated carbocycles. The Morgan fingerprint density at radius 1 is 0.809 bits per heavy atom. The van der Waals surface area contributed by atoms with Crippen LogP contribution in [-0.2, 0) is 35.1 Å². The van der Waals surface area contributed by atoms with Crippen molar-refractivity contribution in [1.29, 1.82) is 0 Å². The van der Waals surface area contributed by atoms with Crippen LogP contribution in [0.3, 0.4) is 0 Å². The largest absolute Gasteiger partial charge is 0.458 e. The second-order valence-corrected chi connectivity index (χ2v) is 14.2. The highest BCUT2D eigenvalue weighted by Gasteiger charge is 2.44. The van der Waals surface area contributed by atoms with Crippen molar-refractivity contribution in [2.45, 2.75) is 110 Å². The molecule has 0 saturated heterocycles. The Kier molecular flexibility index (Phi) is 12.7. The van der Waals surface area contributed by atoms with Crippen LogP contribution in [0.15, 0.2) is 54.6 Å². The van der Waals surface area contributed by atoms with E-state index in [1.165, 1.54) is 4.90 Å². The number of benzene rings is 2. The first kappa shape index (κ1) is 38.3. The molecule has 3 unspecified atom stereocenters. The molecule has 4 amide bonds. The maximum Gasteiger partial charge on any atom is 0.408 e. The second-order valence-electron chi connectivity index (χ2n) is 14.2. The molecule has 0 aliphatic rings. The molecular weight excluding hydrogens is 600 g/mol. The van der Waals surface area contributed by atoms with Gasteiger partial charge in [-0.1, -0.05) is 54.5 Å². The number of nitrogens with one attached hydrogen (secondary N) is 2. The smallest absolute Gasteiger partial charge is 0.408 e. The standard InChI is InChI=1S/C36H48N4O7/c1-11-24-19-15-16-20-25(24)29(30(42)38-27(32(44)46-35(5,6)7)21-23-17-13-12-14-18-23)40(34(2,3)4)31(43)26(22-28(37)41)39-33(45)47-36(8,9)10/h1,12-20,26-27,29H,21-22H2,2-10H3,(H2,37,41)(H,38,42)(H,39,45). The zero-order valence-corrected chi connectivity index (χ0v) is 28.8. The van der Waals surface area contributed by atoms with E-state index in [4.69, 9.17) is 21.6 Å². The SMILES string of the molecule is C#Cc1ccccc1C(C(=O)NC(Cc1ccccc1)C(=O)OC(C)(C)C)N(C(=O)C(CC(N)=O)NC(=O)OC(C)(C)C)C(C)(C)C. The van der Waals surface area contributed by atoms with Gasteiger partial charge in [0.25, 0.3) is 0 Å². The molecule has 0 bridgehead atoms. The summed E-state index contributed by atoms with van der Waals surface area (Å²) in [5.74, 6) is -0.514. The predicted molar refractivity (Wildman–Crippen MR) is 179 cm³/mol. The van der Waals surface area contributed by atoms with Crippen LogP contribution >= 0.6 is 0 Å². The number of carbonyl (C=O) groups is 5. The number of hydrogen-bond acceptors (Lipinski definition) is 7. The molecule has 2 aromatic carbocycles. The van der Waals surface area contributed by atoms with Gasteiger partial charge in [0.1, 0.15) is 29.3 Å². The van der Waals surface area contributed by atoms with E-state index in [-0.39, 0.29) is 12.0 Å². The summed E-state index contributed by atoms with van der Waals surface area (Å²) in [5, 5.41) is 5.27. The normalized spacial score (nSPS) is 13.6.